The maximum atomic E-state index is 11.4. The van der Waals surface area contributed by atoms with Crippen LogP contribution in [0.4, 0.5) is 0 Å². The quantitative estimate of drug-likeness (QED) is 0.657. The van der Waals surface area contributed by atoms with Gasteiger partial charge in [0, 0.05) is 6.07 Å². The van der Waals surface area contributed by atoms with Gasteiger partial charge in [-0.3, -0.25) is 0 Å². The van der Waals surface area contributed by atoms with E-state index < -0.39 is 8.07 Å². The van der Waals surface area contributed by atoms with Crippen LogP contribution in [0.25, 0.3) is 0 Å². The number of hydrogen-bond acceptors (Lipinski definition) is 2. The van der Waals surface area contributed by atoms with Crippen molar-refractivity contribution in [2.24, 2.45) is 0 Å². The summed E-state index contributed by atoms with van der Waals surface area (Å²) < 4.78 is 5.39. The fourth-order valence-corrected chi connectivity index (χ4v) is 3.72. The van der Waals surface area contributed by atoms with E-state index in [2.05, 4.69) is 19.6 Å². The number of hydrogen-bond donors (Lipinski definition) is 0. The van der Waals surface area contributed by atoms with Gasteiger partial charge in [-0.25, -0.2) is 4.79 Å². The summed E-state index contributed by atoms with van der Waals surface area (Å²) >= 11 is 0. The van der Waals surface area contributed by atoms with Gasteiger partial charge < -0.3 is 4.42 Å². The van der Waals surface area contributed by atoms with Crippen LogP contribution in [0.2, 0.25) is 19.6 Å². The first-order valence-electron chi connectivity index (χ1n) is 5.15. The lowest BCUT2D eigenvalue weighted by Crippen LogP contribution is -2.42. The Hall–Kier alpha value is -0.833. The summed E-state index contributed by atoms with van der Waals surface area (Å²) in [6.45, 7) is 6.68. The average molecular weight is 208 g/mol. The Labute approximate surface area is 85.0 Å². The lowest BCUT2D eigenvalue weighted by molar-refractivity contribution is 0.535. The summed E-state index contributed by atoms with van der Waals surface area (Å²) in [5.74, 6) is 0. The Bertz CT molecular complexity index is 412. The minimum absolute atomic E-state index is 0.164. The second kappa shape index (κ2) is 3.09. The molecule has 0 aliphatic heterocycles. The molecule has 0 saturated carbocycles. The summed E-state index contributed by atoms with van der Waals surface area (Å²) in [4.78, 5) is 11.4. The summed E-state index contributed by atoms with van der Waals surface area (Å²) in [7, 11) is -1.49. The minimum atomic E-state index is -1.49. The first kappa shape index (κ1) is 9.71. The third kappa shape index (κ3) is 1.56. The molecule has 0 fully saturated rings. The van der Waals surface area contributed by atoms with Crippen molar-refractivity contribution in [2.75, 3.05) is 0 Å². The molecule has 1 aliphatic carbocycles. The van der Waals surface area contributed by atoms with Gasteiger partial charge in [0.25, 0.3) is 0 Å². The fourth-order valence-electron chi connectivity index (χ4n) is 2.13. The molecule has 0 spiro atoms. The second-order valence-corrected chi connectivity index (χ2v) is 9.96. The molecule has 0 radical (unpaired) electrons. The van der Waals surface area contributed by atoms with Crippen LogP contribution in [0.5, 0.6) is 0 Å². The standard InChI is InChI=1S/C11H16O2Si/c1-14(2,3)11-9-6-4-5-8(9)7-10(12)13-11/h7H,4-6H2,1-3H3. The van der Waals surface area contributed by atoms with Gasteiger partial charge >= 0.3 is 5.63 Å². The zero-order valence-electron chi connectivity index (χ0n) is 9.02. The second-order valence-electron chi connectivity index (χ2n) is 5.00. The van der Waals surface area contributed by atoms with Gasteiger partial charge in [-0.1, -0.05) is 19.6 Å². The Kier molecular flexibility index (Phi) is 2.14. The number of fused-ring (bicyclic) bond motifs is 1. The third-order valence-electron chi connectivity index (χ3n) is 2.71. The summed E-state index contributed by atoms with van der Waals surface area (Å²) in [6, 6.07) is 1.67. The van der Waals surface area contributed by atoms with Crippen molar-refractivity contribution >= 4 is 13.5 Å². The zero-order valence-corrected chi connectivity index (χ0v) is 10.0. The van der Waals surface area contributed by atoms with Crippen molar-refractivity contribution in [1.82, 2.24) is 0 Å². The molecule has 0 unspecified atom stereocenters. The normalized spacial score (nSPS) is 15.6. The van der Waals surface area contributed by atoms with Crippen LogP contribution in [0.1, 0.15) is 17.5 Å². The van der Waals surface area contributed by atoms with E-state index in [1.54, 1.807) is 6.07 Å². The van der Waals surface area contributed by atoms with E-state index in [0.29, 0.717) is 0 Å². The number of rotatable bonds is 1. The van der Waals surface area contributed by atoms with Gasteiger partial charge in [0.1, 0.15) is 8.07 Å². The lowest BCUT2D eigenvalue weighted by atomic mass is 10.2. The molecule has 14 heavy (non-hydrogen) atoms. The van der Waals surface area contributed by atoms with Crippen LogP contribution < -0.4 is 11.0 Å². The van der Waals surface area contributed by atoms with E-state index in [1.165, 1.54) is 17.5 Å². The van der Waals surface area contributed by atoms with E-state index in [0.717, 1.165) is 18.2 Å². The molecule has 0 N–H and O–H groups in total. The monoisotopic (exact) mass is 208 g/mol. The SMILES string of the molecule is C[Si](C)(C)c1oc(=O)cc2c1CCC2. The summed E-state index contributed by atoms with van der Waals surface area (Å²) in [6.07, 6.45) is 3.32. The molecule has 0 aromatic carbocycles. The van der Waals surface area contributed by atoms with Crippen molar-refractivity contribution in [3.8, 4) is 0 Å². The van der Waals surface area contributed by atoms with Crippen LogP contribution in [0.15, 0.2) is 15.3 Å². The molecule has 2 rings (SSSR count). The van der Waals surface area contributed by atoms with Gasteiger partial charge in [0.15, 0.2) is 0 Å². The highest BCUT2D eigenvalue weighted by Gasteiger charge is 2.27. The molecule has 1 aromatic rings. The molecule has 0 bridgehead atoms. The van der Waals surface area contributed by atoms with Gasteiger partial charge in [-0.2, -0.15) is 0 Å². The van der Waals surface area contributed by atoms with Crippen LogP contribution >= 0.6 is 0 Å². The molecule has 0 saturated heterocycles. The lowest BCUT2D eigenvalue weighted by Gasteiger charge is -2.17. The molecule has 0 amide bonds. The van der Waals surface area contributed by atoms with Gasteiger partial charge in [0.2, 0.25) is 0 Å². The molecular formula is C11H16O2Si. The molecular weight excluding hydrogens is 192 g/mol. The van der Waals surface area contributed by atoms with Gasteiger partial charge in [0.05, 0.1) is 5.38 Å². The number of aryl methyl sites for hydroxylation is 1. The topological polar surface area (TPSA) is 30.2 Å². The van der Waals surface area contributed by atoms with E-state index in [4.69, 9.17) is 4.42 Å². The average Bonchev–Trinajstić information content (AvgIpc) is 2.47. The van der Waals surface area contributed by atoms with Crippen molar-refractivity contribution in [3.05, 3.63) is 27.6 Å². The molecule has 1 aromatic heterocycles. The highest BCUT2D eigenvalue weighted by atomic mass is 28.3. The summed E-state index contributed by atoms with van der Waals surface area (Å²) in [5, 5.41) is 1.03. The minimum Gasteiger partial charge on any atom is -0.433 e. The van der Waals surface area contributed by atoms with Crippen LogP contribution in [-0.2, 0) is 12.8 Å². The maximum Gasteiger partial charge on any atom is 0.335 e. The third-order valence-corrected chi connectivity index (χ3v) is 4.48. The van der Waals surface area contributed by atoms with E-state index in [1.807, 2.05) is 0 Å². The van der Waals surface area contributed by atoms with E-state index in [9.17, 15) is 4.79 Å². The van der Waals surface area contributed by atoms with Crippen molar-refractivity contribution in [3.63, 3.8) is 0 Å². The van der Waals surface area contributed by atoms with Crippen molar-refractivity contribution in [1.29, 1.82) is 0 Å². The maximum absolute atomic E-state index is 11.4. The highest BCUT2D eigenvalue weighted by molar-refractivity contribution is 6.88. The van der Waals surface area contributed by atoms with Gasteiger partial charge in [-0.05, 0) is 30.4 Å². The first-order chi connectivity index (χ1) is 6.48. The van der Waals surface area contributed by atoms with Crippen molar-refractivity contribution < 1.29 is 4.42 Å². The van der Waals surface area contributed by atoms with Crippen LogP contribution in [-0.4, -0.2) is 8.07 Å². The molecule has 2 nitrogen and oxygen atoms in total. The van der Waals surface area contributed by atoms with Gasteiger partial charge in [-0.15, -0.1) is 0 Å². The van der Waals surface area contributed by atoms with Crippen LogP contribution in [0.3, 0.4) is 0 Å². The first-order valence-corrected chi connectivity index (χ1v) is 8.65. The van der Waals surface area contributed by atoms with E-state index >= 15 is 0 Å². The predicted molar refractivity (Wildman–Crippen MR) is 60.0 cm³/mol. The Balaban J connectivity index is 2.66. The molecule has 3 heteroatoms. The molecule has 1 aliphatic rings. The highest BCUT2D eigenvalue weighted by Crippen LogP contribution is 2.20. The molecule has 76 valence electrons. The fraction of sp³-hybridized carbons (Fsp3) is 0.545. The predicted octanol–water partition coefficient (Wildman–Crippen LogP) is 1.67. The Morgan fingerprint density at radius 1 is 1.29 bits per heavy atom. The largest absolute Gasteiger partial charge is 0.433 e. The summed E-state index contributed by atoms with van der Waals surface area (Å²) in [5.41, 5.74) is 2.41. The van der Waals surface area contributed by atoms with Crippen molar-refractivity contribution in [2.45, 2.75) is 38.9 Å². The smallest absolute Gasteiger partial charge is 0.335 e. The Morgan fingerprint density at radius 2 is 2.00 bits per heavy atom. The van der Waals surface area contributed by atoms with E-state index in [-0.39, 0.29) is 5.63 Å². The molecule has 1 heterocycles. The zero-order chi connectivity index (χ0) is 10.3. The van der Waals surface area contributed by atoms with Crippen LogP contribution in [0, 0.1) is 0 Å². The molecule has 0 atom stereocenters. The Morgan fingerprint density at radius 3 is 2.64 bits per heavy atom.